The van der Waals surface area contributed by atoms with Crippen LogP contribution in [0.15, 0.2) is 15.2 Å². The molecular weight excluding hydrogens is 294 g/mol. The van der Waals surface area contributed by atoms with Crippen molar-refractivity contribution < 1.29 is 0 Å². The summed E-state index contributed by atoms with van der Waals surface area (Å²) in [6.07, 6.45) is 5.31. The summed E-state index contributed by atoms with van der Waals surface area (Å²) in [5.41, 5.74) is 7.72. The van der Waals surface area contributed by atoms with Gasteiger partial charge in [-0.1, -0.05) is 13.8 Å². The highest BCUT2D eigenvalue weighted by atomic mass is 79.9. The van der Waals surface area contributed by atoms with Crippen molar-refractivity contribution in [3.63, 3.8) is 0 Å². The predicted molar refractivity (Wildman–Crippen MR) is 79.2 cm³/mol. The lowest BCUT2D eigenvalue weighted by Gasteiger charge is -2.34. The molecule has 2 rings (SSSR count). The van der Waals surface area contributed by atoms with Crippen LogP contribution in [0, 0.1) is 17.8 Å². The first-order valence-corrected chi connectivity index (χ1v) is 8.30. The van der Waals surface area contributed by atoms with E-state index >= 15 is 0 Å². The van der Waals surface area contributed by atoms with E-state index < -0.39 is 0 Å². The zero-order valence-corrected chi connectivity index (χ0v) is 13.1. The lowest BCUT2D eigenvalue weighted by molar-refractivity contribution is 0.203. The van der Waals surface area contributed by atoms with E-state index in [4.69, 9.17) is 5.73 Å². The van der Waals surface area contributed by atoms with Gasteiger partial charge < -0.3 is 5.73 Å². The first kappa shape index (κ1) is 13.6. The van der Waals surface area contributed by atoms with Gasteiger partial charge in [0.2, 0.25) is 0 Å². The van der Waals surface area contributed by atoms with Crippen LogP contribution in [0.25, 0.3) is 0 Å². The van der Waals surface area contributed by atoms with Crippen LogP contribution >= 0.6 is 27.3 Å². The fourth-order valence-electron chi connectivity index (χ4n) is 2.95. The summed E-state index contributed by atoms with van der Waals surface area (Å²) in [5, 5.41) is 4.33. The monoisotopic (exact) mass is 315 g/mol. The Bertz CT molecular complexity index is 353. The van der Waals surface area contributed by atoms with E-state index in [2.05, 4.69) is 40.5 Å². The molecule has 0 amide bonds. The molecule has 1 saturated carbocycles. The van der Waals surface area contributed by atoms with E-state index in [1.54, 1.807) is 11.3 Å². The maximum absolute atomic E-state index is 6.41. The van der Waals surface area contributed by atoms with Gasteiger partial charge in [-0.05, 0) is 70.3 Å². The average Bonchev–Trinajstić information content (AvgIpc) is 2.74. The van der Waals surface area contributed by atoms with Crippen molar-refractivity contribution in [3.8, 4) is 0 Å². The van der Waals surface area contributed by atoms with E-state index in [0.29, 0.717) is 5.92 Å². The van der Waals surface area contributed by atoms with Crippen molar-refractivity contribution in [1.29, 1.82) is 0 Å². The normalized spacial score (nSPS) is 27.4. The van der Waals surface area contributed by atoms with Gasteiger partial charge >= 0.3 is 0 Å². The van der Waals surface area contributed by atoms with E-state index in [-0.39, 0.29) is 6.04 Å². The molecule has 1 atom stereocenters. The zero-order chi connectivity index (χ0) is 12.4. The van der Waals surface area contributed by atoms with Crippen LogP contribution in [0.2, 0.25) is 0 Å². The Balaban J connectivity index is 1.95. The van der Waals surface area contributed by atoms with E-state index in [0.717, 1.165) is 11.8 Å². The fraction of sp³-hybridized carbons (Fsp3) is 0.714. The molecule has 0 bridgehead atoms. The molecule has 0 spiro atoms. The molecule has 0 radical (unpaired) electrons. The number of rotatable bonds is 3. The average molecular weight is 316 g/mol. The third kappa shape index (κ3) is 3.12. The third-order valence-corrected chi connectivity index (χ3v) is 6.02. The molecular formula is C14H22BrNS. The van der Waals surface area contributed by atoms with Crippen LogP contribution in [-0.4, -0.2) is 0 Å². The van der Waals surface area contributed by atoms with E-state index in [1.807, 2.05) is 0 Å². The molecule has 1 aromatic rings. The molecule has 1 fully saturated rings. The van der Waals surface area contributed by atoms with E-state index in [9.17, 15) is 0 Å². The molecule has 1 aliphatic rings. The summed E-state index contributed by atoms with van der Waals surface area (Å²) in [6.45, 7) is 4.70. The minimum atomic E-state index is 0.226. The van der Waals surface area contributed by atoms with Gasteiger partial charge in [0.15, 0.2) is 0 Å². The number of nitrogens with two attached hydrogens (primary N) is 1. The molecule has 96 valence electrons. The standard InChI is InChI=1S/C14H22BrNS/c1-9(2)10-3-5-11(6-4-10)14(16)12-7-17-8-13(12)15/h7-11,14H,3-6,16H2,1-2H3. The van der Waals surface area contributed by atoms with Gasteiger partial charge in [-0.25, -0.2) is 0 Å². The van der Waals surface area contributed by atoms with Crippen molar-refractivity contribution >= 4 is 27.3 Å². The maximum Gasteiger partial charge on any atom is 0.0343 e. The molecule has 0 aromatic carbocycles. The zero-order valence-electron chi connectivity index (χ0n) is 10.7. The van der Waals surface area contributed by atoms with Gasteiger partial charge in [0.05, 0.1) is 0 Å². The van der Waals surface area contributed by atoms with Gasteiger partial charge in [-0.15, -0.1) is 0 Å². The number of hydrogen-bond acceptors (Lipinski definition) is 2. The SMILES string of the molecule is CC(C)C1CCC(C(N)c2cscc2Br)CC1. The molecule has 0 saturated heterocycles. The first-order chi connectivity index (χ1) is 8.09. The summed E-state index contributed by atoms with van der Waals surface area (Å²) in [7, 11) is 0. The molecule has 17 heavy (non-hydrogen) atoms. The second kappa shape index (κ2) is 5.85. The largest absolute Gasteiger partial charge is 0.324 e. The Hall–Kier alpha value is 0.140. The summed E-state index contributed by atoms with van der Waals surface area (Å²) in [4.78, 5) is 0. The highest BCUT2D eigenvalue weighted by molar-refractivity contribution is 9.10. The lowest BCUT2D eigenvalue weighted by Crippen LogP contribution is -2.27. The molecule has 1 nitrogen and oxygen atoms in total. The molecule has 2 N–H and O–H groups in total. The molecule has 3 heteroatoms. The first-order valence-electron chi connectivity index (χ1n) is 6.56. The van der Waals surface area contributed by atoms with Crippen molar-refractivity contribution in [2.24, 2.45) is 23.5 Å². The maximum atomic E-state index is 6.41. The van der Waals surface area contributed by atoms with Crippen molar-refractivity contribution in [3.05, 3.63) is 20.8 Å². The second-order valence-corrected chi connectivity index (χ2v) is 7.22. The van der Waals surface area contributed by atoms with Gasteiger partial charge in [-0.3, -0.25) is 0 Å². The predicted octanol–water partition coefficient (Wildman–Crippen LogP) is 4.97. The van der Waals surface area contributed by atoms with Crippen LogP contribution < -0.4 is 5.73 Å². The minimum Gasteiger partial charge on any atom is -0.324 e. The van der Waals surface area contributed by atoms with Gasteiger partial charge in [0.1, 0.15) is 0 Å². The molecule has 0 aliphatic heterocycles. The third-order valence-electron chi connectivity index (χ3n) is 4.27. The Kier molecular flexibility index (Phi) is 4.67. The van der Waals surface area contributed by atoms with Crippen LogP contribution in [0.5, 0.6) is 0 Å². The summed E-state index contributed by atoms with van der Waals surface area (Å²) in [6, 6.07) is 0.226. The Labute approximate surface area is 117 Å². The van der Waals surface area contributed by atoms with Crippen molar-refractivity contribution in [2.45, 2.75) is 45.6 Å². The molecule has 1 aliphatic carbocycles. The number of hydrogen-bond donors (Lipinski definition) is 1. The fourth-order valence-corrected chi connectivity index (χ4v) is 4.56. The minimum absolute atomic E-state index is 0.226. The smallest absolute Gasteiger partial charge is 0.0343 e. The second-order valence-electron chi connectivity index (χ2n) is 5.62. The van der Waals surface area contributed by atoms with Crippen LogP contribution in [0.4, 0.5) is 0 Å². The van der Waals surface area contributed by atoms with Gasteiger partial charge in [0.25, 0.3) is 0 Å². The van der Waals surface area contributed by atoms with Gasteiger partial charge in [-0.2, -0.15) is 11.3 Å². The topological polar surface area (TPSA) is 26.0 Å². The lowest BCUT2D eigenvalue weighted by atomic mass is 9.74. The highest BCUT2D eigenvalue weighted by Gasteiger charge is 2.28. The highest BCUT2D eigenvalue weighted by Crippen LogP contribution is 2.40. The number of halogens is 1. The van der Waals surface area contributed by atoms with Crippen LogP contribution in [-0.2, 0) is 0 Å². The van der Waals surface area contributed by atoms with Gasteiger partial charge in [0, 0.05) is 15.9 Å². The quantitative estimate of drug-likeness (QED) is 0.837. The van der Waals surface area contributed by atoms with E-state index in [1.165, 1.54) is 35.7 Å². The summed E-state index contributed by atoms with van der Waals surface area (Å²) in [5.74, 6) is 2.43. The Morgan fingerprint density at radius 3 is 2.24 bits per heavy atom. The molecule has 1 heterocycles. The van der Waals surface area contributed by atoms with Crippen molar-refractivity contribution in [2.75, 3.05) is 0 Å². The summed E-state index contributed by atoms with van der Waals surface area (Å²) < 4.78 is 1.20. The van der Waals surface area contributed by atoms with Crippen LogP contribution in [0.3, 0.4) is 0 Å². The Morgan fingerprint density at radius 1 is 1.18 bits per heavy atom. The molecule has 1 unspecified atom stereocenters. The van der Waals surface area contributed by atoms with Crippen molar-refractivity contribution in [1.82, 2.24) is 0 Å². The molecule has 1 aromatic heterocycles. The summed E-state index contributed by atoms with van der Waals surface area (Å²) >= 11 is 5.34. The Morgan fingerprint density at radius 2 is 1.76 bits per heavy atom. The van der Waals surface area contributed by atoms with Crippen LogP contribution in [0.1, 0.15) is 51.1 Å². The number of thiophene rings is 1.